The molecule has 1 aliphatic rings. The molecule has 0 aromatic heterocycles. The molecule has 0 aliphatic heterocycles. The van der Waals surface area contributed by atoms with Gasteiger partial charge in [0, 0.05) is 6.61 Å². The molecule has 1 N–H and O–H groups in total. The van der Waals surface area contributed by atoms with Gasteiger partial charge in [0.1, 0.15) is 5.82 Å². The van der Waals surface area contributed by atoms with Gasteiger partial charge < -0.3 is 5.11 Å². The Labute approximate surface area is 89.9 Å². The van der Waals surface area contributed by atoms with Crippen LogP contribution in [0.1, 0.15) is 37.3 Å². The van der Waals surface area contributed by atoms with Crippen molar-refractivity contribution in [3.05, 3.63) is 35.1 Å². The fourth-order valence-electron chi connectivity index (χ4n) is 2.51. The van der Waals surface area contributed by atoms with Crippen LogP contribution >= 0.6 is 0 Å². The summed E-state index contributed by atoms with van der Waals surface area (Å²) in [7, 11) is 0. The van der Waals surface area contributed by atoms with E-state index < -0.39 is 0 Å². The molecule has 0 saturated carbocycles. The number of aliphatic hydroxyl groups excluding tert-OH is 1. The van der Waals surface area contributed by atoms with Crippen molar-refractivity contribution in [2.75, 3.05) is 6.61 Å². The Balaban J connectivity index is 2.37. The lowest BCUT2D eigenvalue weighted by Gasteiger charge is -2.30. The molecule has 0 heterocycles. The highest BCUT2D eigenvalue weighted by Gasteiger charge is 2.35. The van der Waals surface area contributed by atoms with Gasteiger partial charge in [-0.25, -0.2) is 4.39 Å². The molecule has 1 aromatic carbocycles. The van der Waals surface area contributed by atoms with Gasteiger partial charge >= 0.3 is 0 Å². The molecular weight excluding hydrogens is 191 g/mol. The predicted octanol–water partition coefficient (Wildman–Crippen LogP) is 2.87. The zero-order valence-corrected chi connectivity index (χ0v) is 9.26. The van der Waals surface area contributed by atoms with E-state index in [9.17, 15) is 9.50 Å². The van der Waals surface area contributed by atoms with E-state index in [2.05, 4.69) is 13.8 Å². The van der Waals surface area contributed by atoms with E-state index >= 15 is 0 Å². The zero-order valence-electron chi connectivity index (χ0n) is 9.26. The van der Waals surface area contributed by atoms with Crippen molar-refractivity contribution in [3.8, 4) is 0 Å². The molecule has 0 radical (unpaired) electrons. The maximum Gasteiger partial charge on any atom is 0.123 e. The van der Waals surface area contributed by atoms with Crippen molar-refractivity contribution in [2.45, 2.75) is 32.6 Å². The van der Waals surface area contributed by atoms with Crippen LogP contribution < -0.4 is 0 Å². The molecule has 1 aromatic rings. The van der Waals surface area contributed by atoms with Crippen molar-refractivity contribution in [2.24, 2.45) is 5.41 Å². The second kappa shape index (κ2) is 3.60. The van der Waals surface area contributed by atoms with Crippen LogP contribution in [0.3, 0.4) is 0 Å². The summed E-state index contributed by atoms with van der Waals surface area (Å²) < 4.78 is 13.0. The molecule has 0 amide bonds. The number of fused-ring (bicyclic) bond motifs is 1. The summed E-state index contributed by atoms with van der Waals surface area (Å²) in [6.07, 6.45) is 1.95. The summed E-state index contributed by atoms with van der Waals surface area (Å²) >= 11 is 0. The Bertz CT molecular complexity index is 371. The number of hydrogen-bond donors (Lipinski definition) is 1. The summed E-state index contributed by atoms with van der Waals surface area (Å²) in [5, 5.41) is 9.36. The Kier molecular flexibility index (Phi) is 2.55. The first kappa shape index (κ1) is 10.6. The van der Waals surface area contributed by atoms with E-state index in [0.29, 0.717) is 5.92 Å². The molecule has 1 nitrogen and oxygen atoms in total. The second-order valence-electron chi connectivity index (χ2n) is 5.08. The maximum atomic E-state index is 13.0. The van der Waals surface area contributed by atoms with Crippen LogP contribution in [-0.4, -0.2) is 11.7 Å². The van der Waals surface area contributed by atoms with Crippen molar-refractivity contribution < 1.29 is 9.50 Å². The van der Waals surface area contributed by atoms with Crippen LogP contribution in [-0.2, 0) is 6.42 Å². The molecule has 0 bridgehead atoms. The molecule has 0 spiro atoms. The minimum atomic E-state index is -0.156. The van der Waals surface area contributed by atoms with E-state index in [-0.39, 0.29) is 17.8 Å². The van der Waals surface area contributed by atoms with Gasteiger partial charge in [-0.05, 0) is 47.4 Å². The highest BCUT2D eigenvalue weighted by Crippen LogP contribution is 2.44. The molecule has 2 rings (SSSR count). The minimum Gasteiger partial charge on any atom is -0.396 e. The lowest BCUT2D eigenvalue weighted by Crippen LogP contribution is -2.24. The van der Waals surface area contributed by atoms with E-state index in [0.717, 1.165) is 18.4 Å². The normalized spacial score (nSPS) is 20.4. The number of rotatable bonds is 2. The third-order valence-corrected chi connectivity index (χ3v) is 3.53. The summed E-state index contributed by atoms with van der Waals surface area (Å²) in [6, 6.07) is 5.02. The highest BCUT2D eigenvalue weighted by atomic mass is 19.1. The lowest BCUT2D eigenvalue weighted by atomic mass is 9.76. The fourth-order valence-corrected chi connectivity index (χ4v) is 2.51. The van der Waals surface area contributed by atoms with Gasteiger partial charge in [0.15, 0.2) is 0 Å². The minimum absolute atomic E-state index is 0.108. The number of hydrogen-bond acceptors (Lipinski definition) is 1. The predicted molar refractivity (Wildman–Crippen MR) is 58.3 cm³/mol. The molecule has 2 heteroatoms. The average Bonchev–Trinajstić information content (AvgIpc) is 2.61. The summed E-state index contributed by atoms with van der Waals surface area (Å²) in [4.78, 5) is 0. The fraction of sp³-hybridized carbons (Fsp3) is 0.538. The van der Waals surface area contributed by atoms with Crippen LogP contribution in [0.2, 0.25) is 0 Å². The third kappa shape index (κ3) is 1.78. The van der Waals surface area contributed by atoms with Crippen molar-refractivity contribution in [1.29, 1.82) is 0 Å². The van der Waals surface area contributed by atoms with Gasteiger partial charge in [0.05, 0.1) is 0 Å². The Morgan fingerprint density at radius 3 is 2.87 bits per heavy atom. The number of aliphatic hydroxyl groups is 1. The first-order valence-corrected chi connectivity index (χ1v) is 5.44. The van der Waals surface area contributed by atoms with E-state index in [1.807, 2.05) is 6.07 Å². The van der Waals surface area contributed by atoms with Gasteiger partial charge in [-0.2, -0.15) is 0 Å². The molecular formula is C13H17FO. The Hall–Kier alpha value is -0.890. The van der Waals surface area contributed by atoms with Gasteiger partial charge in [-0.15, -0.1) is 0 Å². The van der Waals surface area contributed by atoms with Gasteiger partial charge in [0.25, 0.3) is 0 Å². The van der Waals surface area contributed by atoms with Crippen molar-refractivity contribution in [1.82, 2.24) is 0 Å². The van der Waals surface area contributed by atoms with Crippen molar-refractivity contribution >= 4 is 0 Å². The molecule has 0 fully saturated rings. The summed E-state index contributed by atoms with van der Waals surface area (Å²) in [6.45, 7) is 4.31. The largest absolute Gasteiger partial charge is 0.396 e. The second-order valence-corrected chi connectivity index (χ2v) is 5.08. The third-order valence-electron chi connectivity index (χ3n) is 3.53. The number of aryl methyl sites for hydroxylation is 1. The van der Waals surface area contributed by atoms with Crippen LogP contribution in [0.25, 0.3) is 0 Å². The monoisotopic (exact) mass is 208 g/mol. The average molecular weight is 208 g/mol. The van der Waals surface area contributed by atoms with Crippen LogP contribution in [0.15, 0.2) is 18.2 Å². The van der Waals surface area contributed by atoms with Crippen LogP contribution in [0.5, 0.6) is 0 Å². The van der Waals surface area contributed by atoms with Crippen molar-refractivity contribution in [3.63, 3.8) is 0 Å². The van der Waals surface area contributed by atoms with Gasteiger partial charge in [-0.3, -0.25) is 0 Å². The SMILES string of the molecule is CC(C)(CO)C1CCc2cc(F)ccc21. The maximum absolute atomic E-state index is 13.0. The van der Waals surface area contributed by atoms with Gasteiger partial charge in [0.2, 0.25) is 0 Å². The smallest absolute Gasteiger partial charge is 0.123 e. The van der Waals surface area contributed by atoms with Crippen LogP contribution in [0.4, 0.5) is 4.39 Å². The number of benzene rings is 1. The van der Waals surface area contributed by atoms with E-state index in [1.165, 1.54) is 11.6 Å². The first-order chi connectivity index (χ1) is 7.04. The highest BCUT2D eigenvalue weighted by molar-refractivity contribution is 5.36. The van der Waals surface area contributed by atoms with Gasteiger partial charge in [-0.1, -0.05) is 19.9 Å². The molecule has 0 saturated heterocycles. The molecule has 82 valence electrons. The van der Waals surface area contributed by atoms with E-state index in [4.69, 9.17) is 0 Å². The molecule has 15 heavy (non-hydrogen) atoms. The summed E-state index contributed by atoms with van der Waals surface area (Å²) in [5.74, 6) is 0.203. The topological polar surface area (TPSA) is 20.2 Å². The van der Waals surface area contributed by atoms with E-state index in [1.54, 1.807) is 6.07 Å². The standard InChI is InChI=1S/C13H17FO/c1-13(2,8-15)12-6-3-9-7-10(14)4-5-11(9)12/h4-5,7,12,15H,3,6,8H2,1-2H3. The molecule has 1 atom stereocenters. The molecule has 1 aliphatic carbocycles. The number of halogens is 1. The Morgan fingerprint density at radius 2 is 2.20 bits per heavy atom. The molecule has 1 unspecified atom stereocenters. The zero-order chi connectivity index (χ0) is 11.1. The summed E-state index contributed by atoms with van der Waals surface area (Å²) in [5.41, 5.74) is 2.22. The quantitative estimate of drug-likeness (QED) is 0.792. The first-order valence-electron chi connectivity index (χ1n) is 5.44. The van der Waals surface area contributed by atoms with Crippen LogP contribution in [0, 0.1) is 11.2 Å². The lowest BCUT2D eigenvalue weighted by molar-refractivity contribution is 0.130. The Morgan fingerprint density at radius 1 is 1.47 bits per heavy atom.